The van der Waals surface area contributed by atoms with Crippen LogP contribution in [-0.4, -0.2) is 23.3 Å². The SMILES string of the molecule is CCOC(=O)C(Cc1c(C)oc2c([N+](=O)[O-])cccc12)C(C)=O. The summed E-state index contributed by atoms with van der Waals surface area (Å²) in [5.74, 6) is -1.42. The number of aryl methyl sites for hydroxylation is 1. The number of Topliss-reactive ketones (excluding diaryl/α,β-unsaturated/α-hetero) is 1. The minimum Gasteiger partial charge on any atom is -0.465 e. The molecule has 2 rings (SSSR count). The summed E-state index contributed by atoms with van der Waals surface area (Å²) in [5.41, 5.74) is 0.612. The number of furan rings is 1. The van der Waals surface area contributed by atoms with Gasteiger partial charge in [0.25, 0.3) is 0 Å². The number of non-ortho nitro benzene ring substituents is 1. The first-order chi connectivity index (χ1) is 10.9. The van der Waals surface area contributed by atoms with Gasteiger partial charge < -0.3 is 9.15 Å². The number of hydrogen-bond donors (Lipinski definition) is 0. The molecule has 1 heterocycles. The molecule has 2 aromatic rings. The van der Waals surface area contributed by atoms with Gasteiger partial charge >= 0.3 is 11.7 Å². The number of nitro benzene ring substituents is 1. The Kier molecular flexibility index (Phi) is 4.78. The maximum absolute atomic E-state index is 12.0. The molecular weight excluding hydrogens is 302 g/mol. The summed E-state index contributed by atoms with van der Waals surface area (Å²) in [6.45, 7) is 4.82. The Morgan fingerprint density at radius 3 is 2.65 bits per heavy atom. The Hall–Kier alpha value is -2.70. The van der Waals surface area contributed by atoms with Crippen LogP contribution in [0.4, 0.5) is 5.69 Å². The van der Waals surface area contributed by atoms with Crippen molar-refractivity contribution < 1.29 is 23.7 Å². The number of benzene rings is 1. The lowest BCUT2D eigenvalue weighted by Gasteiger charge is -2.12. The predicted molar refractivity (Wildman–Crippen MR) is 82.1 cm³/mol. The maximum atomic E-state index is 12.0. The number of rotatable bonds is 6. The molecule has 0 saturated heterocycles. The van der Waals surface area contributed by atoms with Gasteiger partial charge in [0.1, 0.15) is 17.5 Å². The summed E-state index contributed by atoms with van der Waals surface area (Å²) in [6.07, 6.45) is 0.0914. The van der Waals surface area contributed by atoms with E-state index in [1.54, 1.807) is 26.0 Å². The summed E-state index contributed by atoms with van der Waals surface area (Å²) in [7, 11) is 0. The molecule has 1 atom stereocenters. The zero-order valence-corrected chi connectivity index (χ0v) is 13.1. The normalized spacial score (nSPS) is 12.1. The largest absolute Gasteiger partial charge is 0.465 e. The topological polar surface area (TPSA) is 99.7 Å². The van der Waals surface area contributed by atoms with E-state index in [-0.39, 0.29) is 30.1 Å². The number of nitro groups is 1. The molecule has 23 heavy (non-hydrogen) atoms. The highest BCUT2D eigenvalue weighted by Crippen LogP contribution is 2.33. The summed E-state index contributed by atoms with van der Waals surface area (Å²) in [5, 5.41) is 11.6. The van der Waals surface area contributed by atoms with Crippen LogP contribution >= 0.6 is 0 Å². The third-order valence-corrected chi connectivity index (χ3v) is 3.67. The Bertz CT molecular complexity index is 776. The fourth-order valence-corrected chi connectivity index (χ4v) is 2.51. The highest BCUT2D eigenvalue weighted by Gasteiger charge is 2.29. The minimum absolute atomic E-state index is 0.0914. The molecule has 0 bridgehead atoms. The summed E-state index contributed by atoms with van der Waals surface area (Å²) >= 11 is 0. The van der Waals surface area contributed by atoms with E-state index in [9.17, 15) is 19.7 Å². The summed E-state index contributed by atoms with van der Waals surface area (Å²) in [4.78, 5) is 34.3. The second kappa shape index (κ2) is 6.60. The first kappa shape index (κ1) is 16.7. The van der Waals surface area contributed by atoms with Crippen molar-refractivity contribution in [2.24, 2.45) is 5.92 Å². The van der Waals surface area contributed by atoms with Crippen LogP contribution in [0.2, 0.25) is 0 Å². The van der Waals surface area contributed by atoms with Gasteiger partial charge in [0, 0.05) is 17.0 Å². The van der Waals surface area contributed by atoms with Crippen LogP contribution in [-0.2, 0) is 20.7 Å². The molecule has 0 spiro atoms. The smallest absolute Gasteiger partial charge is 0.316 e. The van der Waals surface area contributed by atoms with Crippen LogP contribution in [0.1, 0.15) is 25.2 Å². The van der Waals surface area contributed by atoms with Crippen molar-refractivity contribution in [3.8, 4) is 0 Å². The van der Waals surface area contributed by atoms with Crippen LogP contribution in [0.25, 0.3) is 11.0 Å². The monoisotopic (exact) mass is 319 g/mol. The van der Waals surface area contributed by atoms with E-state index in [1.807, 2.05) is 0 Å². The molecule has 0 saturated carbocycles. The number of fused-ring (bicyclic) bond motifs is 1. The van der Waals surface area contributed by atoms with E-state index in [0.717, 1.165) is 0 Å². The van der Waals surface area contributed by atoms with E-state index in [4.69, 9.17) is 9.15 Å². The van der Waals surface area contributed by atoms with Crippen LogP contribution in [0.3, 0.4) is 0 Å². The van der Waals surface area contributed by atoms with Gasteiger partial charge in [-0.3, -0.25) is 19.7 Å². The third kappa shape index (κ3) is 3.23. The highest BCUT2D eigenvalue weighted by atomic mass is 16.6. The van der Waals surface area contributed by atoms with E-state index >= 15 is 0 Å². The Morgan fingerprint density at radius 1 is 1.39 bits per heavy atom. The first-order valence-corrected chi connectivity index (χ1v) is 7.19. The van der Waals surface area contributed by atoms with Crippen LogP contribution in [0.15, 0.2) is 22.6 Å². The average molecular weight is 319 g/mol. The third-order valence-electron chi connectivity index (χ3n) is 3.67. The second-order valence-electron chi connectivity index (χ2n) is 5.17. The molecule has 0 amide bonds. The lowest BCUT2D eigenvalue weighted by Crippen LogP contribution is -2.26. The van der Waals surface area contributed by atoms with E-state index in [1.165, 1.54) is 13.0 Å². The molecule has 122 valence electrons. The van der Waals surface area contributed by atoms with Crippen molar-refractivity contribution in [3.63, 3.8) is 0 Å². The number of para-hydroxylation sites is 1. The zero-order valence-electron chi connectivity index (χ0n) is 13.1. The van der Waals surface area contributed by atoms with Gasteiger partial charge in [-0.05, 0) is 27.2 Å². The standard InChI is InChI=1S/C16H17NO6/c1-4-22-16(19)12(9(2)18)8-13-10(3)23-15-11(13)6-5-7-14(15)17(20)21/h5-7,12H,4,8H2,1-3H3. The molecule has 1 aromatic heterocycles. The number of hydrogen-bond acceptors (Lipinski definition) is 6. The molecule has 0 radical (unpaired) electrons. The highest BCUT2D eigenvalue weighted by molar-refractivity contribution is 5.99. The Labute approximate surface area is 132 Å². The quantitative estimate of drug-likeness (QED) is 0.351. The van der Waals surface area contributed by atoms with Crippen LogP contribution < -0.4 is 0 Å². The molecule has 1 unspecified atom stereocenters. The number of carbonyl (C=O) groups is 2. The van der Waals surface area contributed by atoms with Crippen molar-refractivity contribution in [3.05, 3.63) is 39.6 Å². The second-order valence-corrected chi connectivity index (χ2v) is 5.17. The zero-order chi connectivity index (χ0) is 17.1. The van der Waals surface area contributed by atoms with Gasteiger partial charge in [-0.25, -0.2) is 0 Å². The predicted octanol–water partition coefficient (Wildman–Crippen LogP) is 2.96. The number of ketones is 1. The van der Waals surface area contributed by atoms with Gasteiger partial charge in [0.05, 0.1) is 11.5 Å². The number of ether oxygens (including phenoxy) is 1. The van der Waals surface area contributed by atoms with E-state index in [0.29, 0.717) is 16.7 Å². The first-order valence-electron chi connectivity index (χ1n) is 7.19. The van der Waals surface area contributed by atoms with Gasteiger partial charge in [0.15, 0.2) is 0 Å². The molecule has 7 heteroatoms. The Balaban J connectivity index is 2.49. The molecule has 0 aliphatic rings. The number of nitrogens with zero attached hydrogens (tertiary/aromatic N) is 1. The minimum atomic E-state index is -0.950. The summed E-state index contributed by atoms with van der Waals surface area (Å²) < 4.78 is 10.4. The van der Waals surface area contributed by atoms with Gasteiger partial charge in [-0.1, -0.05) is 12.1 Å². The van der Waals surface area contributed by atoms with E-state index in [2.05, 4.69) is 0 Å². The molecule has 0 N–H and O–H groups in total. The van der Waals surface area contributed by atoms with Gasteiger partial charge in [0.2, 0.25) is 5.58 Å². The maximum Gasteiger partial charge on any atom is 0.316 e. The van der Waals surface area contributed by atoms with E-state index < -0.39 is 16.8 Å². The van der Waals surface area contributed by atoms with Crippen molar-refractivity contribution in [1.82, 2.24) is 0 Å². The van der Waals surface area contributed by atoms with Gasteiger partial charge in [-0.15, -0.1) is 0 Å². The average Bonchev–Trinajstić information content (AvgIpc) is 2.79. The fraction of sp³-hybridized carbons (Fsp3) is 0.375. The molecule has 1 aromatic carbocycles. The van der Waals surface area contributed by atoms with Crippen LogP contribution in [0.5, 0.6) is 0 Å². The molecular formula is C16H17NO6. The molecule has 0 aliphatic carbocycles. The van der Waals surface area contributed by atoms with Crippen LogP contribution in [0, 0.1) is 23.0 Å². The Morgan fingerprint density at radius 2 is 2.09 bits per heavy atom. The fourth-order valence-electron chi connectivity index (χ4n) is 2.51. The molecule has 0 aliphatic heterocycles. The molecule has 7 nitrogen and oxygen atoms in total. The summed E-state index contributed by atoms with van der Waals surface area (Å²) in [6, 6.07) is 4.57. The van der Waals surface area contributed by atoms with Crippen molar-refractivity contribution in [2.45, 2.75) is 27.2 Å². The van der Waals surface area contributed by atoms with Crippen molar-refractivity contribution in [2.75, 3.05) is 6.61 Å². The van der Waals surface area contributed by atoms with Crippen molar-refractivity contribution in [1.29, 1.82) is 0 Å². The lowest BCUT2D eigenvalue weighted by molar-refractivity contribution is -0.383. The van der Waals surface area contributed by atoms with Gasteiger partial charge in [-0.2, -0.15) is 0 Å². The number of carbonyl (C=O) groups excluding carboxylic acids is 2. The molecule has 0 fully saturated rings. The number of esters is 1. The van der Waals surface area contributed by atoms with Crippen molar-refractivity contribution >= 4 is 28.4 Å². The lowest BCUT2D eigenvalue weighted by atomic mass is 9.94.